The monoisotopic (exact) mass is 407 g/mol. The number of urea groups is 1. The van der Waals surface area contributed by atoms with Crippen molar-refractivity contribution in [1.82, 2.24) is 5.32 Å². The van der Waals surface area contributed by atoms with Crippen LogP contribution >= 0.6 is 0 Å². The second kappa shape index (κ2) is 8.42. The lowest BCUT2D eigenvalue weighted by atomic mass is 10.1. The van der Waals surface area contributed by atoms with Crippen LogP contribution in [0.5, 0.6) is 5.75 Å². The number of halogens is 3. The molecule has 1 heterocycles. The molecular formula is C20H20F3N3O3. The second-order valence-corrected chi connectivity index (χ2v) is 6.68. The molecule has 154 valence electrons. The van der Waals surface area contributed by atoms with Crippen LogP contribution in [0.15, 0.2) is 48.5 Å². The molecule has 2 aromatic carbocycles. The first kappa shape index (κ1) is 20.5. The van der Waals surface area contributed by atoms with Gasteiger partial charge in [-0.25, -0.2) is 4.79 Å². The number of nitrogens with one attached hydrogen (secondary N) is 2. The minimum Gasteiger partial charge on any atom is -0.497 e. The Morgan fingerprint density at radius 2 is 1.79 bits per heavy atom. The van der Waals surface area contributed by atoms with Crippen molar-refractivity contribution in [3.05, 3.63) is 54.1 Å². The summed E-state index contributed by atoms with van der Waals surface area (Å²) in [4.78, 5) is 25.9. The summed E-state index contributed by atoms with van der Waals surface area (Å²) in [6.45, 7) is 0.733. The van der Waals surface area contributed by atoms with E-state index in [1.165, 1.54) is 12.1 Å². The van der Waals surface area contributed by atoms with E-state index in [2.05, 4.69) is 10.6 Å². The van der Waals surface area contributed by atoms with E-state index >= 15 is 0 Å². The van der Waals surface area contributed by atoms with Gasteiger partial charge in [0, 0.05) is 36.8 Å². The quantitative estimate of drug-likeness (QED) is 0.790. The van der Waals surface area contributed by atoms with Gasteiger partial charge in [-0.1, -0.05) is 0 Å². The van der Waals surface area contributed by atoms with E-state index in [0.29, 0.717) is 18.7 Å². The zero-order valence-corrected chi connectivity index (χ0v) is 15.6. The molecule has 1 saturated heterocycles. The lowest BCUT2D eigenvalue weighted by Crippen LogP contribution is -2.34. The van der Waals surface area contributed by atoms with Crippen LogP contribution in [0, 0.1) is 5.92 Å². The van der Waals surface area contributed by atoms with Crippen LogP contribution in [0.1, 0.15) is 12.0 Å². The first-order valence-electron chi connectivity index (χ1n) is 8.93. The molecule has 3 rings (SSSR count). The first-order valence-corrected chi connectivity index (χ1v) is 8.93. The lowest BCUT2D eigenvalue weighted by molar-refractivity contribution is -0.137. The average Bonchev–Trinajstić information content (AvgIpc) is 3.07. The molecule has 0 bridgehead atoms. The van der Waals surface area contributed by atoms with Crippen LogP contribution < -0.4 is 20.3 Å². The van der Waals surface area contributed by atoms with Gasteiger partial charge in [0.1, 0.15) is 5.75 Å². The summed E-state index contributed by atoms with van der Waals surface area (Å²) >= 11 is 0. The summed E-state index contributed by atoms with van der Waals surface area (Å²) in [6.07, 6.45) is -4.13. The molecule has 0 spiro atoms. The molecule has 2 aromatic rings. The predicted octanol–water partition coefficient (Wildman–Crippen LogP) is 3.89. The van der Waals surface area contributed by atoms with Crippen LogP contribution in [0.25, 0.3) is 0 Å². The Hall–Kier alpha value is -3.23. The SMILES string of the molecule is COc1ccc(N2C[C@@H](CNC(=O)Nc3ccc(C(F)(F)F)cc3)CC2=O)cc1. The number of amides is 3. The van der Waals surface area contributed by atoms with Crippen molar-refractivity contribution in [3.63, 3.8) is 0 Å². The Morgan fingerprint density at radius 3 is 2.38 bits per heavy atom. The third-order valence-electron chi connectivity index (χ3n) is 4.61. The maximum absolute atomic E-state index is 12.6. The van der Waals surface area contributed by atoms with E-state index in [0.717, 1.165) is 17.8 Å². The van der Waals surface area contributed by atoms with Crippen LogP contribution in [-0.2, 0) is 11.0 Å². The van der Waals surface area contributed by atoms with Gasteiger partial charge in [-0.05, 0) is 48.5 Å². The molecule has 0 unspecified atom stereocenters. The highest BCUT2D eigenvalue weighted by Gasteiger charge is 2.31. The molecule has 3 amide bonds. The largest absolute Gasteiger partial charge is 0.497 e. The number of ether oxygens (including phenoxy) is 1. The summed E-state index contributed by atoms with van der Waals surface area (Å²) < 4.78 is 42.8. The third-order valence-corrected chi connectivity index (χ3v) is 4.61. The maximum atomic E-state index is 12.6. The van der Waals surface area contributed by atoms with Gasteiger partial charge in [-0.2, -0.15) is 13.2 Å². The fraction of sp³-hybridized carbons (Fsp3) is 0.300. The van der Waals surface area contributed by atoms with E-state index < -0.39 is 17.8 Å². The molecule has 0 saturated carbocycles. The number of carbonyl (C=O) groups is 2. The number of methoxy groups -OCH3 is 1. The average molecular weight is 407 g/mol. The number of hydrogen-bond donors (Lipinski definition) is 2. The molecule has 1 atom stereocenters. The standard InChI is InChI=1S/C20H20F3N3O3/c1-29-17-8-6-16(7-9-17)26-12-13(10-18(26)27)11-24-19(28)25-15-4-2-14(3-5-15)20(21,22)23/h2-9,13H,10-12H2,1H3,(H2,24,25,28)/t13-/m1/s1. The molecule has 29 heavy (non-hydrogen) atoms. The zero-order valence-electron chi connectivity index (χ0n) is 15.6. The molecule has 0 aromatic heterocycles. The van der Waals surface area contributed by atoms with Gasteiger partial charge >= 0.3 is 12.2 Å². The van der Waals surface area contributed by atoms with Gasteiger partial charge in [0.2, 0.25) is 5.91 Å². The van der Waals surface area contributed by atoms with Crippen molar-refractivity contribution < 1.29 is 27.5 Å². The van der Waals surface area contributed by atoms with E-state index in [9.17, 15) is 22.8 Å². The van der Waals surface area contributed by atoms with Crippen LogP contribution in [0.4, 0.5) is 29.3 Å². The smallest absolute Gasteiger partial charge is 0.416 e. The van der Waals surface area contributed by atoms with E-state index in [1.807, 2.05) is 0 Å². The number of anilines is 2. The van der Waals surface area contributed by atoms with Gasteiger partial charge in [0.15, 0.2) is 0 Å². The number of rotatable bonds is 5. The predicted molar refractivity (Wildman–Crippen MR) is 102 cm³/mol. The van der Waals surface area contributed by atoms with E-state index in [4.69, 9.17) is 4.74 Å². The fourth-order valence-electron chi connectivity index (χ4n) is 3.08. The Morgan fingerprint density at radius 1 is 1.14 bits per heavy atom. The van der Waals surface area contributed by atoms with Crippen LogP contribution in [0.2, 0.25) is 0 Å². The summed E-state index contributed by atoms with van der Waals surface area (Å²) in [5, 5.41) is 5.14. The summed E-state index contributed by atoms with van der Waals surface area (Å²) in [6, 6.07) is 10.8. The van der Waals surface area contributed by atoms with Crippen molar-refractivity contribution >= 4 is 23.3 Å². The van der Waals surface area contributed by atoms with Gasteiger partial charge in [-0.15, -0.1) is 0 Å². The number of carbonyl (C=O) groups excluding carboxylic acids is 2. The molecule has 1 aliphatic rings. The highest BCUT2D eigenvalue weighted by Crippen LogP contribution is 2.30. The highest BCUT2D eigenvalue weighted by atomic mass is 19.4. The highest BCUT2D eigenvalue weighted by molar-refractivity contribution is 5.96. The van der Waals surface area contributed by atoms with Crippen molar-refractivity contribution in [3.8, 4) is 5.75 Å². The number of hydrogen-bond acceptors (Lipinski definition) is 3. The topological polar surface area (TPSA) is 70.7 Å². The molecule has 1 aliphatic heterocycles. The van der Waals surface area contributed by atoms with E-state index in [-0.39, 0.29) is 24.1 Å². The summed E-state index contributed by atoms with van der Waals surface area (Å²) in [5.41, 5.74) is 0.219. The summed E-state index contributed by atoms with van der Waals surface area (Å²) in [5.74, 6) is 0.589. The third kappa shape index (κ3) is 5.18. The lowest BCUT2D eigenvalue weighted by Gasteiger charge is -2.17. The molecule has 0 aliphatic carbocycles. The fourth-order valence-corrected chi connectivity index (χ4v) is 3.08. The Labute approximate surface area is 165 Å². The minimum absolute atomic E-state index is 0.0369. The van der Waals surface area contributed by atoms with E-state index in [1.54, 1.807) is 36.3 Å². The Bertz CT molecular complexity index is 867. The van der Waals surface area contributed by atoms with Gasteiger partial charge in [0.25, 0.3) is 0 Å². The van der Waals surface area contributed by atoms with Gasteiger partial charge < -0.3 is 20.3 Å². The molecular weight excluding hydrogens is 387 g/mol. The Kier molecular flexibility index (Phi) is 5.95. The maximum Gasteiger partial charge on any atom is 0.416 e. The second-order valence-electron chi connectivity index (χ2n) is 6.68. The van der Waals surface area contributed by atoms with Crippen LogP contribution in [-0.4, -0.2) is 32.1 Å². The summed E-state index contributed by atoms with van der Waals surface area (Å²) in [7, 11) is 1.56. The molecule has 1 fully saturated rings. The number of nitrogens with zero attached hydrogens (tertiary/aromatic N) is 1. The van der Waals surface area contributed by atoms with Crippen molar-refractivity contribution in [2.75, 3.05) is 30.4 Å². The Balaban J connectivity index is 1.49. The molecule has 2 N–H and O–H groups in total. The first-order chi connectivity index (χ1) is 13.8. The molecule has 9 heteroatoms. The number of benzene rings is 2. The van der Waals surface area contributed by atoms with Crippen LogP contribution in [0.3, 0.4) is 0 Å². The van der Waals surface area contributed by atoms with Crippen molar-refractivity contribution in [2.45, 2.75) is 12.6 Å². The van der Waals surface area contributed by atoms with Gasteiger partial charge in [0.05, 0.1) is 12.7 Å². The normalized spacial score (nSPS) is 16.6. The minimum atomic E-state index is -4.43. The van der Waals surface area contributed by atoms with Gasteiger partial charge in [-0.3, -0.25) is 4.79 Å². The number of alkyl halides is 3. The molecule has 0 radical (unpaired) electrons. The van der Waals surface area contributed by atoms with Crippen molar-refractivity contribution in [1.29, 1.82) is 0 Å². The zero-order chi connectivity index (χ0) is 21.0. The molecule has 6 nitrogen and oxygen atoms in total. The van der Waals surface area contributed by atoms with Crippen molar-refractivity contribution in [2.24, 2.45) is 5.92 Å².